The van der Waals surface area contributed by atoms with Crippen molar-refractivity contribution in [3.05, 3.63) is 31.6 Å². The van der Waals surface area contributed by atoms with E-state index < -0.39 is 8.24 Å². The first-order chi connectivity index (χ1) is 6.08. The van der Waals surface area contributed by atoms with Crippen LogP contribution in [-0.4, -0.2) is 14.8 Å². The third kappa shape index (κ3) is 5.48. The van der Waals surface area contributed by atoms with Crippen LogP contribution in [0, 0.1) is 31.6 Å². The summed E-state index contributed by atoms with van der Waals surface area (Å²) in [5.74, 6) is 1.47. The van der Waals surface area contributed by atoms with E-state index in [1.54, 1.807) is 0 Å². The highest BCUT2D eigenvalue weighted by molar-refractivity contribution is 6.73. The normalized spacial score (nSPS) is 19.6. The zero-order valence-electron chi connectivity index (χ0n) is 8.93. The van der Waals surface area contributed by atoms with Crippen molar-refractivity contribution in [3.8, 4) is 0 Å². The van der Waals surface area contributed by atoms with Crippen molar-refractivity contribution in [1.29, 1.82) is 0 Å². The van der Waals surface area contributed by atoms with Crippen LogP contribution in [0.3, 0.4) is 0 Å². The Morgan fingerprint density at radius 3 is 2.31 bits per heavy atom. The molecule has 1 fully saturated rings. The molecular weight excluding hydrogens is 174 g/mol. The standard InChI is InChI=1S/C11H20NSi/c1-13(2,3)12-10-6-9-11-7-4-5-8-11/h4-5,7-8,12H,6,9-10H2,1-3H3. The molecule has 0 aromatic carbocycles. The molecule has 73 valence electrons. The van der Waals surface area contributed by atoms with Gasteiger partial charge < -0.3 is 4.98 Å². The Labute approximate surface area is 84.4 Å². The molecule has 0 aliphatic heterocycles. The summed E-state index contributed by atoms with van der Waals surface area (Å²) in [5, 5.41) is 0. The summed E-state index contributed by atoms with van der Waals surface area (Å²) in [6, 6.07) is 0. The van der Waals surface area contributed by atoms with E-state index in [0.717, 1.165) is 0 Å². The molecule has 1 saturated carbocycles. The third-order valence-corrected chi connectivity index (χ3v) is 3.34. The van der Waals surface area contributed by atoms with E-state index in [4.69, 9.17) is 0 Å². The predicted molar refractivity (Wildman–Crippen MR) is 61.0 cm³/mol. The minimum Gasteiger partial charge on any atom is -0.337 e. The average molecular weight is 194 g/mol. The summed E-state index contributed by atoms with van der Waals surface area (Å²) < 4.78 is 0. The molecule has 0 heterocycles. The Morgan fingerprint density at radius 1 is 1.15 bits per heavy atom. The maximum atomic E-state index is 3.62. The zero-order chi connectivity index (χ0) is 9.73. The lowest BCUT2D eigenvalue weighted by Crippen LogP contribution is -2.41. The predicted octanol–water partition coefficient (Wildman–Crippen LogP) is 2.60. The fourth-order valence-electron chi connectivity index (χ4n) is 1.34. The summed E-state index contributed by atoms with van der Waals surface area (Å²) in [5.41, 5.74) is 0. The SMILES string of the molecule is C[Si](C)(C)NCCC[C]1[CH][CH][CH][CH]1. The van der Waals surface area contributed by atoms with E-state index >= 15 is 0 Å². The van der Waals surface area contributed by atoms with Gasteiger partial charge in [0.05, 0.1) is 0 Å². The van der Waals surface area contributed by atoms with Crippen LogP contribution in [0.2, 0.25) is 19.6 Å². The van der Waals surface area contributed by atoms with Gasteiger partial charge in [0.1, 0.15) is 8.24 Å². The lowest BCUT2D eigenvalue weighted by atomic mass is 10.0. The van der Waals surface area contributed by atoms with Gasteiger partial charge in [-0.05, 0) is 51.0 Å². The molecule has 1 rings (SSSR count). The van der Waals surface area contributed by atoms with Crippen molar-refractivity contribution in [1.82, 2.24) is 4.98 Å². The molecule has 1 nitrogen and oxygen atoms in total. The Kier molecular flexibility index (Phi) is 4.46. The number of hydrogen-bond donors (Lipinski definition) is 1. The van der Waals surface area contributed by atoms with Gasteiger partial charge in [0.2, 0.25) is 0 Å². The van der Waals surface area contributed by atoms with Crippen molar-refractivity contribution in [2.75, 3.05) is 6.54 Å². The van der Waals surface area contributed by atoms with Gasteiger partial charge in [-0.15, -0.1) is 0 Å². The van der Waals surface area contributed by atoms with Crippen LogP contribution in [0.4, 0.5) is 0 Å². The molecule has 13 heavy (non-hydrogen) atoms. The minimum atomic E-state index is -1.03. The Bertz CT molecular complexity index is 134. The third-order valence-electron chi connectivity index (χ3n) is 2.03. The van der Waals surface area contributed by atoms with Crippen LogP contribution >= 0.6 is 0 Å². The van der Waals surface area contributed by atoms with Crippen LogP contribution in [-0.2, 0) is 0 Å². The van der Waals surface area contributed by atoms with Crippen LogP contribution in [0.1, 0.15) is 12.8 Å². The molecular formula is C11H20NSi. The summed E-state index contributed by atoms with van der Waals surface area (Å²) in [7, 11) is -1.03. The molecule has 0 aromatic heterocycles. The highest BCUT2D eigenvalue weighted by atomic mass is 28.3. The molecule has 0 atom stereocenters. The van der Waals surface area contributed by atoms with E-state index in [2.05, 4.69) is 50.3 Å². The molecule has 0 unspecified atom stereocenters. The van der Waals surface area contributed by atoms with E-state index in [-0.39, 0.29) is 0 Å². The monoisotopic (exact) mass is 194 g/mol. The minimum absolute atomic E-state index is 1.03. The highest BCUT2D eigenvalue weighted by Gasteiger charge is 2.16. The lowest BCUT2D eigenvalue weighted by Gasteiger charge is -2.18. The van der Waals surface area contributed by atoms with Gasteiger partial charge in [0, 0.05) is 0 Å². The molecule has 1 aliphatic carbocycles. The van der Waals surface area contributed by atoms with Crippen LogP contribution < -0.4 is 4.98 Å². The molecule has 0 bridgehead atoms. The summed E-state index contributed by atoms with van der Waals surface area (Å²) in [6.45, 7) is 8.20. The smallest absolute Gasteiger partial charge is 0.116 e. The zero-order valence-corrected chi connectivity index (χ0v) is 9.93. The summed E-state index contributed by atoms with van der Waals surface area (Å²) in [6.07, 6.45) is 11.1. The first-order valence-electron chi connectivity index (χ1n) is 5.03. The number of nitrogens with one attached hydrogen (secondary N) is 1. The Morgan fingerprint density at radius 2 is 1.77 bits per heavy atom. The Hall–Kier alpha value is 0.177. The molecule has 5 radical (unpaired) electrons. The maximum Gasteiger partial charge on any atom is 0.116 e. The van der Waals surface area contributed by atoms with Gasteiger partial charge in [0.25, 0.3) is 0 Å². The van der Waals surface area contributed by atoms with Crippen molar-refractivity contribution < 1.29 is 0 Å². The quantitative estimate of drug-likeness (QED) is 0.524. The van der Waals surface area contributed by atoms with Crippen LogP contribution in [0.25, 0.3) is 0 Å². The molecule has 0 saturated heterocycles. The summed E-state index contributed by atoms with van der Waals surface area (Å²) >= 11 is 0. The second-order valence-corrected chi connectivity index (χ2v) is 9.43. The number of rotatable bonds is 5. The van der Waals surface area contributed by atoms with Gasteiger partial charge in [0.15, 0.2) is 0 Å². The fourth-order valence-corrected chi connectivity index (χ4v) is 2.26. The largest absolute Gasteiger partial charge is 0.337 e. The first kappa shape index (κ1) is 11.3. The molecule has 0 aromatic rings. The lowest BCUT2D eigenvalue weighted by molar-refractivity contribution is 0.743. The topological polar surface area (TPSA) is 12.0 Å². The molecule has 1 aliphatic rings. The summed E-state index contributed by atoms with van der Waals surface area (Å²) in [4.78, 5) is 3.62. The molecule has 0 amide bonds. The van der Waals surface area contributed by atoms with Gasteiger partial charge >= 0.3 is 0 Å². The van der Waals surface area contributed by atoms with E-state index in [1.165, 1.54) is 25.3 Å². The maximum absolute atomic E-state index is 3.62. The van der Waals surface area contributed by atoms with Crippen LogP contribution in [0.5, 0.6) is 0 Å². The molecule has 1 N–H and O–H groups in total. The molecule has 0 spiro atoms. The van der Waals surface area contributed by atoms with Crippen molar-refractivity contribution >= 4 is 8.24 Å². The van der Waals surface area contributed by atoms with Gasteiger partial charge in [-0.1, -0.05) is 19.6 Å². The number of hydrogen-bond acceptors (Lipinski definition) is 1. The van der Waals surface area contributed by atoms with E-state index in [9.17, 15) is 0 Å². The van der Waals surface area contributed by atoms with Crippen LogP contribution in [0.15, 0.2) is 0 Å². The van der Waals surface area contributed by atoms with E-state index in [0.29, 0.717) is 0 Å². The average Bonchev–Trinajstić information content (AvgIpc) is 2.48. The second-order valence-electron chi connectivity index (χ2n) is 4.57. The van der Waals surface area contributed by atoms with Gasteiger partial charge in [-0.25, -0.2) is 0 Å². The van der Waals surface area contributed by atoms with Gasteiger partial charge in [-0.3, -0.25) is 0 Å². The van der Waals surface area contributed by atoms with Gasteiger partial charge in [-0.2, -0.15) is 0 Å². The van der Waals surface area contributed by atoms with Crippen molar-refractivity contribution in [3.63, 3.8) is 0 Å². The second kappa shape index (κ2) is 5.16. The van der Waals surface area contributed by atoms with Crippen molar-refractivity contribution in [2.45, 2.75) is 32.5 Å². The fraction of sp³-hybridized carbons (Fsp3) is 0.545. The first-order valence-corrected chi connectivity index (χ1v) is 8.53. The van der Waals surface area contributed by atoms with Crippen molar-refractivity contribution in [2.24, 2.45) is 0 Å². The highest BCUT2D eigenvalue weighted by Crippen LogP contribution is 2.26. The van der Waals surface area contributed by atoms with E-state index in [1.807, 2.05) is 0 Å². The Balaban J connectivity index is 1.94. The molecule has 2 heteroatoms.